The quantitative estimate of drug-likeness (QED) is 0.340. The van der Waals surface area contributed by atoms with Gasteiger partial charge in [-0.2, -0.15) is 13.2 Å². The van der Waals surface area contributed by atoms with Crippen molar-refractivity contribution in [2.45, 2.75) is 38.4 Å². The van der Waals surface area contributed by atoms with Crippen molar-refractivity contribution in [2.75, 3.05) is 6.54 Å². The van der Waals surface area contributed by atoms with Crippen LogP contribution in [0, 0.1) is 11.8 Å². The molecule has 0 bridgehead atoms. The highest BCUT2D eigenvalue weighted by Crippen LogP contribution is 2.34. The van der Waals surface area contributed by atoms with Crippen molar-refractivity contribution in [3.8, 4) is 0 Å². The molecule has 9 heteroatoms. The monoisotopic (exact) mass is 509 g/mol. The van der Waals surface area contributed by atoms with Gasteiger partial charge in [-0.25, -0.2) is 0 Å². The SMILES string of the molecule is O=C(NC[C@H]1CC[C@H](C(=O)O)CC1)c1cc(C(F)(F)F)cc2ccn(Cc3ccc4ncccc4c3)c12. The summed E-state index contributed by atoms with van der Waals surface area (Å²) in [5.74, 6) is -1.65. The van der Waals surface area contributed by atoms with Crippen LogP contribution in [-0.2, 0) is 17.5 Å². The number of carbonyl (C=O) groups excluding carboxylic acids is 1. The molecule has 0 saturated heterocycles. The maximum Gasteiger partial charge on any atom is 0.416 e. The van der Waals surface area contributed by atoms with E-state index in [9.17, 15) is 27.9 Å². The summed E-state index contributed by atoms with van der Waals surface area (Å²) in [6.45, 7) is 0.667. The van der Waals surface area contributed by atoms with Gasteiger partial charge in [-0.3, -0.25) is 14.6 Å². The molecule has 5 rings (SSSR count). The Balaban J connectivity index is 1.43. The molecule has 0 atom stereocenters. The number of rotatable bonds is 6. The third kappa shape index (κ3) is 5.30. The fourth-order valence-corrected chi connectivity index (χ4v) is 5.18. The van der Waals surface area contributed by atoms with Crippen LogP contribution in [0.3, 0.4) is 0 Å². The molecule has 0 radical (unpaired) electrons. The number of hydrogen-bond acceptors (Lipinski definition) is 3. The number of aliphatic carboxylic acids is 1. The number of fused-ring (bicyclic) bond motifs is 2. The molecule has 1 amide bonds. The Kier molecular flexibility index (Phi) is 6.62. The molecule has 192 valence electrons. The molecule has 1 saturated carbocycles. The lowest BCUT2D eigenvalue weighted by Gasteiger charge is -2.26. The summed E-state index contributed by atoms with van der Waals surface area (Å²) in [5, 5.41) is 13.3. The van der Waals surface area contributed by atoms with Gasteiger partial charge in [0, 0.05) is 36.3 Å². The first-order chi connectivity index (χ1) is 17.7. The van der Waals surface area contributed by atoms with Crippen LogP contribution in [0.15, 0.2) is 60.9 Å². The first-order valence-corrected chi connectivity index (χ1v) is 12.2. The number of alkyl halides is 3. The highest BCUT2D eigenvalue weighted by atomic mass is 19.4. The summed E-state index contributed by atoms with van der Waals surface area (Å²) >= 11 is 0. The molecule has 2 aromatic heterocycles. The fraction of sp³-hybridized carbons (Fsp3) is 0.321. The first-order valence-electron chi connectivity index (χ1n) is 12.2. The van der Waals surface area contributed by atoms with E-state index < -0.39 is 23.6 Å². The van der Waals surface area contributed by atoms with Gasteiger partial charge in [-0.1, -0.05) is 12.1 Å². The van der Waals surface area contributed by atoms with E-state index in [4.69, 9.17) is 0 Å². The maximum absolute atomic E-state index is 13.6. The number of aromatic nitrogens is 2. The lowest BCUT2D eigenvalue weighted by atomic mass is 9.82. The lowest BCUT2D eigenvalue weighted by Crippen LogP contribution is -2.32. The summed E-state index contributed by atoms with van der Waals surface area (Å²) in [4.78, 5) is 28.7. The molecule has 1 fully saturated rings. The number of carboxylic acids is 1. The fourth-order valence-electron chi connectivity index (χ4n) is 5.18. The van der Waals surface area contributed by atoms with Gasteiger partial charge < -0.3 is 15.0 Å². The van der Waals surface area contributed by atoms with Gasteiger partial charge in [0.05, 0.1) is 28.1 Å². The summed E-state index contributed by atoms with van der Waals surface area (Å²) in [6, 6.07) is 13.1. The number of pyridine rings is 1. The van der Waals surface area contributed by atoms with Gasteiger partial charge >= 0.3 is 12.1 Å². The van der Waals surface area contributed by atoms with Crippen LogP contribution in [0.1, 0.15) is 47.2 Å². The van der Waals surface area contributed by atoms with Crippen molar-refractivity contribution in [1.82, 2.24) is 14.9 Å². The van der Waals surface area contributed by atoms with Crippen molar-refractivity contribution in [1.29, 1.82) is 0 Å². The standard InChI is InChI=1S/C28H26F3N3O3/c29-28(30,31)22-13-21-9-11-34(16-18-5-8-24-20(12-18)2-1-10-32-24)25(21)23(14-22)26(35)33-15-17-3-6-19(7-4-17)27(36)37/h1-2,5,8-14,17,19H,3-4,6-7,15-16H2,(H,33,35)(H,36,37)/t17-,19-. The zero-order chi connectivity index (χ0) is 26.2. The number of carbonyl (C=O) groups is 2. The molecule has 37 heavy (non-hydrogen) atoms. The van der Waals surface area contributed by atoms with Gasteiger partial charge in [-0.05, 0) is 73.6 Å². The molecule has 4 aromatic rings. The van der Waals surface area contributed by atoms with Crippen LogP contribution in [-0.4, -0.2) is 33.1 Å². The number of nitrogens with zero attached hydrogens (tertiary/aromatic N) is 2. The molecular formula is C28H26F3N3O3. The predicted octanol–water partition coefficient (Wildman–Crippen LogP) is 5.88. The Hall–Kier alpha value is -3.88. The number of carboxylic acid groups (broad SMARTS) is 1. The second kappa shape index (κ2) is 9.88. The van der Waals surface area contributed by atoms with Gasteiger partial charge in [-0.15, -0.1) is 0 Å². The largest absolute Gasteiger partial charge is 0.481 e. The molecule has 2 aromatic carbocycles. The van der Waals surface area contributed by atoms with Crippen molar-refractivity contribution >= 4 is 33.7 Å². The Morgan fingerprint density at radius 2 is 1.81 bits per heavy atom. The first kappa shape index (κ1) is 24.8. The Morgan fingerprint density at radius 1 is 1.03 bits per heavy atom. The molecule has 0 unspecified atom stereocenters. The number of benzene rings is 2. The van der Waals surface area contributed by atoms with Crippen LogP contribution in [0.2, 0.25) is 0 Å². The van der Waals surface area contributed by atoms with Crippen molar-refractivity contribution in [3.63, 3.8) is 0 Å². The van der Waals surface area contributed by atoms with E-state index in [1.165, 1.54) is 0 Å². The van der Waals surface area contributed by atoms with Crippen molar-refractivity contribution in [2.24, 2.45) is 11.8 Å². The highest BCUT2D eigenvalue weighted by molar-refractivity contribution is 6.06. The normalized spacial score (nSPS) is 18.2. The van der Waals surface area contributed by atoms with E-state index in [0.717, 1.165) is 28.6 Å². The molecule has 0 aliphatic heterocycles. The topological polar surface area (TPSA) is 84.2 Å². The summed E-state index contributed by atoms with van der Waals surface area (Å²) in [6.07, 6.45) is 1.20. The molecule has 2 heterocycles. The van der Waals surface area contributed by atoms with Crippen LogP contribution in [0.25, 0.3) is 21.8 Å². The number of nitrogens with one attached hydrogen (secondary N) is 1. The molecule has 2 N–H and O–H groups in total. The van der Waals surface area contributed by atoms with E-state index in [2.05, 4.69) is 10.3 Å². The summed E-state index contributed by atoms with van der Waals surface area (Å²) in [5.41, 5.74) is 1.31. The number of halogens is 3. The lowest BCUT2D eigenvalue weighted by molar-refractivity contribution is -0.143. The van der Waals surface area contributed by atoms with E-state index in [0.29, 0.717) is 49.7 Å². The van der Waals surface area contributed by atoms with Gasteiger partial charge in [0.25, 0.3) is 5.91 Å². The van der Waals surface area contributed by atoms with E-state index >= 15 is 0 Å². The van der Waals surface area contributed by atoms with Gasteiger partial charge in [0.1, 0.15) is 0 Å². The van der Waals surface area contributed by atoms with Gasteiger partial charge in [0.2, 0.25) is 0 Å². The average Bonchev–Trinajstić information content (AvgIpc) is 3.29. The number of hydrogen-bond donors (Lipinski definition) is 2. The smallest absolute Gasteiger partial charge is 0.416 e. The minimum Gasteiger partial charge on any atom is -0.481 e. The zero-order valence-corrected chi connectivity index (χ0v) is 20.0. The van der Waals surface area contributed by atoms with Crippen LogP contribution in [0.5, 0.6) is 0 Å². The van der Waals surface area contributed by atoms with Crippen LogP contribution in [0.4, 0.5) is 13.2 Å². The van der Waals surface area contributed by atoms with Crippen molar-refractivity contribution < 1.29 is 27.9 Å². The summed E-state index contributed by atoms with van der Waals surface area (Å²) in [7, 11) is 0. The molecule has 1 aliphatic rings. The zero-order valence-electron chi connectivity index (χ0n) is 20.0. The van der Waals surface area contributed by atoms with Crippen molar-refractivity contribution in [3.05, 3.63) is 77.6 Å². The van der Waals surface area contributed by atoms with Crippen LogP contribution < -0.4 is 5.32 Å². The molecular weight excluding hydrogens is 483 g/mol. The third-order valence-electron chi connectivity index (χ3n) is 7.20. The maximum atomic E-state index is 13.6. The average molecular weight is 510 g/mol. The summed E-state index contributed by atoms with van der Waals surface area (Å²) < 4.78 is 42.7. The molecule has 6 nitrogen and oxygen atoms in total. The predicted molar refractivity (Wildman–Crippen MR) is 133 cm³/mol. The van der Waals surface area contributed by atoms with Gasteiger partial charge in [0.15, 0.2) is 0 Å². The van der Waals surface area contributed by atoms with E-state index in [-0.39, 0.29) is 17.4 Å². The van der Waals surface area contributed by atoms with E-state index in [1.54, 1.807) is 23.0 Å². The molecule has 1 aliphatic carbocycles. The minimum atomic E-state index is -4.59. The highest BCUT2D eigenvalue weighted by Gasteiger charge is 2.33. The minimum absolute atomic E-state index is 0.0310. The van der Waals surface area contributed by atoms with Crippen LogP contribution >= 0.6 is 0 Å². The Morgan fingerprint density at radius 3 is 2.54 bits per heavy atom. The molecule has 0 spiro atoms. The third-order valence-corrected chi connectivity index (χ3v) is 7.20. The van der Waals surface area contributed by atoms with E-state index in [1.807, 2.05) is 30.3 Å². The number of amides is 1. The second-order valence-electron chi connectivity index (χ2n) is 9.70. The Bertz CT molecular complexity index is 1470. The Labute approximate surface area is 211 Å². The second-order valence-corrected chi connectivity index (χ2v) is 9.70.